The summed E-state index contributed by atoms with van der Waals surface area (Å²) in [6.07, 6.45) is 0.177. The number of benzene rings is 3. The van der Waals surface area contributed by atoms with E-state index in [9.17, 15) is 9.59 Å². The SMILES string of the molecule is CC(=O)N[C@@H](CC(=O)Nc1ccc2ccccc2c1)c1ccccc1. The second kappa shape index (κ2) is 7.62. The minimum Gasteiger partial charge on any atom is -0.349 e. The van der Waals surface area contributed by atoms with E-state index in [4.69, 9.17) is 0 Å². The Morgan fingerprint density at radius 1 is 0.880 bits per heavy atom. The Bertz CT molecular complexity index is 891. The summed E-state index contributed by atoms with van der Waals surface area (Å²) in [7, 11) is 0. The molecule has 0 spiro atoms. The standard InChI is InChI=1S/C21H20N2O2/c1-15(24)22-20(17-8-3-2-4-9-17)14-21(25)23-19-12-11-16-7-5-6-10-18(16)13-19/h2-13,20H,14H2,1H3,(H,22,24)(H,23,25)/t20-/m0/s1. The first-order valence-electron chi connectivity index (χ1n) is 8.22. The van der Waals surface area contributed by atoms with Crippen LogP contribution < -0.4 is 10.6 Å². The van der Waals surface area contributed by atoms with Crippen molar-refractivity contribution >= 4 is 28.3 Å². The van der Waals surface area contributed by atoms with Crippen LogP contribution in [0.15, 0.2) is 72.8 Å². The number of hydrogen-bond acceptors (Lipinski definition) is 2. The lowest BCUT2D eigenvalue weighted by atomic mass is 10.0. The average Bonchev–Trinajstić information content (AvgIpc) is 2.61. The maximum absolute atomic E-state index is 12.5. The van der Waals surface area contributed by atoms with Crippen LogP contribution in [0.1, 0.15) is 24.9 Å². The van der Waals surface area contributed by atoms with Crippen LogP contribution in [0.2, 0.25) is 0 Å². The van der Waals surface area contributed by atoms with Crippen LogP contribution in [0.4, 0.5) is 5.69 Å². The molecular formula is C21H20N2O2. The summed E-state index contributed by atoms with van der Waals surface area (Å²) in [6, 6.07) is 23.0. The van der Waals surface area contributed by atoms with Crippen molar-refractivity contribution in [3.63, 3.8) is 0 Å². The Kier molecular flexibility index (Phi) is 5.09. The van der Waals surface area contributed by atoms with Gasteiger partial charge in [0.15, 0.2) is 0 Å². The molecule has 2 N–H and O–H groups in total. The molecule has 3 aromatic carbocycles. The van der Waals surface area contributed by atoms with E-state index in [0.29, 0.717) is 0 Å². The quantitative estimate of drug-likeness (QED) is 0.740. The molecule has 0 saturated carbocycles. The predicted molar refractivity (Wildman–Crippen MR) is 100 cm³/mol. The van der Waals surface area contributed by atoms with E-state index in [2.05, 4.69) is 10.6 Å². The van der Waals surface area contributed by atoms with Gasteiger partial charge in [0.2, 0.25) is 11.8 Å². The molecule has 126 valence electrons. The lowest BCUT2D eigenvalue weighted by Gasteiger charge is -2.18. The third kappa shape index (κ3) is 4.44. The lowest BCUT2D eigenvalue weighted by Crippen LogP contribution is -2.29. The van der Waals surface area contributed by atoms with Gasteiger partial charge in [0.1, 0.15) is 0 Å². The monoisotopic (exact) mass is 332 g/mol. The van der Waals surface area contributed by atoms with Gasteiger partial charge < -0.3 is 10.6 Å². The van der Waals surface area contributed by atoms with E-state index < -0.39 is 0 Å². The molecule has 1 atom stereocenters. The van der Waals surface area contributed by atoms with E-state index >= 15 is 0 Å². The van der Waals surface area contributed by atoms with Crippen molar-refractivity contribution in [1.29, 1.82) is 0 Å². The molecular weight excluding hydrogens is 312 g/mol. The molecule has 0 heterocycles. The van der Waals surface area contributed by atoms with Gasteiger partial charge in [0.25, 0.3) is 0 Å². The first-order chi connectivity index (χ1) is 12.1. The molecule has 0 aromatic heterocycles. The van der Waals surface area contributed by atoms with Gasteiger partial charge in [0.05, 0.1) is 12.5 Å². The maximum Gasteiger partial charge on any atom is 0.226 e. The Balaban J connectivity index is 1.73. The van der Waals surface area contributed by atoms with E-state index in [1.165, 1.54) is 6.92 Å². The molecule has 4 nitrogen and oxygen atoms in total. The number of anilines is 1. The van der Waals surface area contributed by atoms with Crippen LogP contribution >= 0.6 is 0 Å². The minimum absolute atomic E-state index is 0.141. The van der Waals surface area contributed by atoms with Crippen molar-refractivity contribution in [2.45, 2.75) is 19.4 Å². The number of nitrogens with one attached hydrogen (secondary N) is 2. The number of amides is 2. The Hall–Kier alpha value is -3.14. The summed E-state index contributed by atoms with van der Waals surface area (Å²) in [6.45, 7) is 1.46. The van der Waals surface area contributed by atoms with Crippen molar-refractivity contribution in [2.24, 2.45) is 0 Å². The van der Waals surface area contributed by atoms with Gasteiger partial charge in [-0.05, 0) is 28.5 Å². The molecule has 0 fully saturated rings. The second-order valence-corrected chi connectivity index (χ2v) is 5.98. The average molecular weight is 332 g/mol. The fourth-order valence-corrected chi connectivity index (χ4v) is 2.85. The van der Waals surface area contributed by atoms with E-state index in [0.717, 1.165) is 22.0 Å². The van der Waals surface area contributed by atoms with E-state index in [-0.39, 0.29) is 24.3 Å². The third-order valence-electron chi connectivity index (χ3n) is 4.00. The van der Waals surface area contributed by atoms with E-state index in [1.807, 2.05) is 72.8 Å². The summed E-state index contributed by atoms with van der Waals surface area (Å²) in [5.41, 5.74) is 1.66. The van der Waals surface area contributed by atoms with Crippen molar-refractivity contribution in [3.8, 4) is 0 Å². The molecule has 0 radical (unpaired) electrons. The summed E-state index contributed by atoms with van der Waals surface area (Å²) in [4.78, 5) is 23.9. The third-order valence-corrected chi connectivity index (χ3v) is 4.00. The van der Waals surface area contributed by atoms with Crippen LogP contribution in [0.3, 0.4) is 0 Å². The van der Waals surface area contributed by atoms with Crippen LogP contribution in [-0.2, 0) is 9.59 Å². The molecule has 25 heavy (non-hydrogen) atoms. The molecule has 3 rings (SSSR count). The Labute approximate surface area is 146 Å². The van der Waals surface area contributed by atoms with Crippen molar-refractivity contribution < 1.29 is 9.59 Å². The van der Waals surface area contributed by atoms with E-state index in [1.54, 1.807) is 0 Å². The highest BCUT2D eigenvalue weighted by atomic mass is 16.2. The summed E-state index contributed by atoms with van der Waals surface area (Å²) in [5, 5.41) is 7.96. The van der Waals surface area contributed by atoms with Gasteiger partial charge in [-0.1, -0.05) is 60.7 Å². The van der Waals surface area contributed by atoms with Crippen molar-refractivity contribution in [1.82, 2.24) is 5.32 Å². The highest BCUT2D eigenvalue weighted by Gasteiger charge is 2.17. The summed E-state index contributed by atoms with van der Waals surface area (Å²) >= 11 is 0. The van der Waals surface area contributed by atoms with Crippen molar-refractivity contribution in [3.05, 3.63) is 78.4 Å². The molecule has 2 amide bonds. The maximum atomic E-state index is 12.5. The molecule has 0 saturated heterocycles. The molecule has 0 unspecified atom stereocenters. The lowest BCUT2D eigenvalue weighted by molar-refractivity contribution is -0.120. The first-order valence-corrected chi connectivity index (χ1v) is 8.22. The topological polar surface area (TPSA) is 58.2 Å². The highest BCUT2D eigenvalue weighted by Crippen LogP contribution is 2.21. The van der Waals surface area contributed by atoms with Crippen LogP contribution in [0, 0.1) is 0 Å². The number of carbonyl (C=O) groups excluding carboxylic acids is 2. The summed E-state index contributed by atoms with van der Waals surface area (Å²) in [5.74, 6) is -0.301. The first kappa shape index (κ1) is 16.7. The van der Waals surface area contributed by atoms with Crippen LogP contribution in [-0.4, -0.2) is 11.8 Å². The fourth-order valence-electron chi connectivity index (χ4n) is 2.85. The predicted octanol–water partition coefficient (Wildman–Crippen LogP) is 4.05. The number of fused-ring (bicyclic) bond motifs is 1. The largest absolute Gasteiger partial charge is 0.349 e. The molecule has 0 aliphatic carbocycles. The normalized spacial score (nSPS) is 11.7. The second-order valence-electron chi connectivity index (χ2n) is 5.98. The molecule has 0 aliphatic rings. The van der Waals surface area contributed by atoms with Crippen LogP contribution in [0.5, 0.6) is 0 Å². The van der Waals surface area contributed by atoms with Gasteiger partial charge in [0, 0.05) is 12.6 Å². The minimum atomic E-state index is -0.348. The molecule has 4 heteroatoms. The highest BCUT2D eigenvalue weighted by molar-refractivity contribution is 5.95. The molecule has 0 bridgehead atoms. The zero-order valence-electron chi connectivity index (χ0n) is 14.0. The molecule has 0 aliphatic heterocycles. The van der Waals surface area contributed by atoms with Gasteiger partial charge in [-0.3, -0.25) is 9.59 Å². The zero-order chi connectivity index (χ0) is 17.6. The van der Waals surface area contributed by atoms with Gasteiger partial charge in [-0.25, -0.2) is 0 Å². The van der Waals surface area contributed by atoms with Gasteiger partial charge in [-0.15, -0.1) is 0 Å². The Morgan fingerprint density at radius 2 is 1.56 bits per heavy atom. The summed E-state index contributed by atoms with van der Waals surface area (Å²) < 4.78 is 0. The smallest absolute Gasteiger partial charge is 0.226 e. The van der Waals surface area contributed by atoms with Gasteiger partial charge >= 0.3 is 0 Å². The fraction of sp³-hybridized carbons (Fsp3) is 0.143. The number of rotatable bonds is 5. The van der Waals surface area contributed by atoms with Gasteiger partial charge in [-0.2, -0.15) is 0 Å². The zero-order valence-corrected chi connectivity index (χ0v) is 14.0. The Morgan fingerprint density at radius 3 is 2.28 bits per heavy atom. The number of hydrogen-bond donors (Lipinski definition) is 2. The van der Waals surface area contributed by atoms with Crippen molar-refractivity contribution in [2.75, 3.05) is 5.32 Å². The number of carbonyl (C=O) groups is 2. The van der Waals surface area contributed by atoms with Crippen LogP contribution in [0.25, 0.3) is 10.8 Å². The molecule has 3 aromatic rings.